The lowest BCUT2D eigenvalue weighted by atomic mass is 9.99. The highest BCUT2D eigenvalue weighted by atomic mass is 31.3. The van der Waals surface area contributed by atoms with Crippen molar-refractivity contribution in [3.05, 3.63) is 32.6 Å². The summed E-state index contributed by atoms with van der Waals surface area (Å²) in [5.74, 6) is 0. The molecule has 2 aliphatic heterocycles. The highest BCUT2D eigenvalue weighted by molar-refractivity contribution is 7.61. The van der Waals surface area contributed by atoms with Crippen molar-refractivity contribution < 1.29 is 66.9 Å². The molecule has 0 bridgehead atoms. The monoisotopic (exact) mass is 788 g/mol. The first kappa shape index (κ1) is 45.1. The number of hydrogen-bond donors (Lipinski definition) is 7. The molecule has 3 rings (SSSR count). The first-order valence-electron chi connectivity index (χ1n) is 18.3. The number of aliphatic hydroxyl groups is 4. The molecule has 0 aliphatic carbocycles. The largest absolute Gasteiger partial charge is 0.483 e. The van der Waals surface area contributed by atoms with E-state index in [0.29, 0.717) is 6.42 Å². The van der Waals surface area contributed by atoms with Crippen molar-refractivity contribution in [3.8, 4) is 0 Å². The Morgan fingerprint density at radius 1 is 0.846 bits per heavy atom. The van der Waals surface area contributed by atoms with Gasteiger partial charge in [0.25, 0.3) is 5.56 Å². The van der Waals surface area contributed by atoms with Gasteiger partial charge in [0.1, 0.15) is 36.7 Å². The molecule has 1 aromatic heterocycles. The van der Waals surface area contributed by atoms with Crippen molar-refractivity contribution in [2.24, 2.45) is 0 Å². The van der Waals surface area contributed by atoms with Gasteiger partial charge in [-0.2, -0.15) is 4.31 Å². The van der Waals surface area contributed by atoms with Gasteiger partial charge >= 0.3 is 21.3 Å². The van der Waals surface area contributed by atoms with Gasteiger partial charge in [0.05, 0.1) is 19.3 Å². The van der Waals surface area contributed by atoms with E-state index in [1.807, 2.05) is 0 Å². The van der Waals surface area contributed by atoms with Crippen molar-refractivity contribution >= 4 is 15.6 Å². The number of ether oxygens (including phenoxy) is 3. The molecule has 2 saturated heterocycles. The lowest BCUT2D eigenvalue weighted by Crippen LogP contribution is -2.60. The van der Waals surface area contributed by atoms with Gasteiger partial charge < -0.3 is 44.4 Å². The van der Waals surface area contributed by atoms with E-state index in [1.165, 1.54) is 70.9 Å². The summed E-state index contributed by atoms with van der Waals surface area (Å²) in [4.78, 5) is 46.3. The first-order chi connectivity index (χ1) is 24.7. The molecule has 2 aliphatic rings. The van der Waals surface area contributed by atoms with E-state index >= 15 is 0 Å². The summed E-state index contributed by atoms with van der Waals surface area (Å²) in [6.07, 6.45) is 5.39. The SMILES string of the molecule is CCCCCCCCCCCCCCCCO[C@@H]1[C@@H](O)[C@@H](OP(=O)(O)OP(=O)(O)OC[C@H]2O[C@@H](n3cc(C)c(=O)[nH]c3=O)C[C@@H]2O)O[C@H](CO)[C@H]1O. The maximum absolute atomic E-state index is 12.7. The third-order valence-corrected chi connectivity index (χ3v) is 11.7. The number of unbranched alkanes of at least 4 members (excludes halogenated alkanes) is 13. The summed E-state index contributed by atoms with van der Waals surface area (Å²) >= 11 is 0. The van der Waals surface area contributed by atoms with Gasteiger partial charge in [0, 0.05) is 24.8 Å². The van der Waals surface area contributed by atoms with Gasteiger partial charge in [-0.1, -0.05) is 90.4 Å². The average Bonchev–Trinajstić information content (AvgIpc) is 3.45. The lowest BCUT2D eigenvalue weighted by molar-refractivity contribution is -0.288. The van der Waals surface area contributed by atoms with Crippen LogP contribution in [-0.2, 0) is 36.7 Å². The summed E-state index contributed by atoms with van der Waals surface area (Å²) in [6.45, 7) is 2.18. The molecule has 2 unspecified atom stereocenters. The molecular weight excluding hydrogens is 730 g/mol. The maximum atomic E-state index is 12.7. The quantitative estimate of drug-likeness (QED) is 0.0554. The fraction of sp³-hybridized carbons (Fsp3) is 0.875. The number of phosphoric acid groups is 2. The fourth-order valence-corrected chi connectivity index (χ4v) is 8.32. The van der Waals surface area contributed by atoms with Gasteiger partial charge in [0.2, 0.25) is 0 Å². The van der Waals surface area contributed by atoms with Crippen molar-refractivity contribution in [2.75, 3.05) is 19.8 Å². The van der Waals surface area contributed by atoms with Crippen molar-refractivity contribution in [2.45, 2.75) is 159 Å². The number of rotatable bonds is 25. The summed E-state index contributed by atoms with van der Waals surface area (Å²) in [5.41, 5.74) is -1.22. The minimum absolute atomic E-state index is 0.126. The van der Waals surface area contributed by atoms with Crippen LogP contribution in [0.15, 0.2) is 15.8 Å². The number of hydrogen-bond acceptors (Lipinski definition) is 14. The van der Waals surface area contributed by atoms with Crippen molar-refractivity contribution in [1.29, 1.82) is 0 Å². The molecule has 10 atom stereocenters. The van der Waals surface area contributed by atoms with Crippen LogP contribution < -0.4 is 11.2 Å². The highest BCUT2D eigenvalue weighted by Gasteiger charge is 2.50. The minimum Gasteiger partial charge on any atom is -0.394 e. The topological polar surface area (TPSA) is 266 Å². The van der Waals surface area contributed by atoms with Gasteiger partial charge in [0.15, 0.2) is 6.29 Å². The predicted molar refractivity (Wildman–Crippen MR) is 186 cm³/mol. The average molecular weight is 789 g/mol. The van der Waals surface area contributed by atoms with Crippen LogP contribution in [0.2, 0.25) is 0 Å². The number of aryl methyl sites for hydroxylation is 1. The molecule has 2 fully saturated rings. The second-order valence-corrected chi connectivity index (χ2v) is 16.5. The van der Waals surface area contributed by atoms with Crippen LogP contribution in [0.3, 0.4) is 0 Å². The number of H-pyrrole nitrogens is 1. The Balaban J connectivity index is 1.40. The zero-order valence-corrected chi connectivity index (χ0v) is 31.8. The molecule has 0 amide bonds. The number of aromatic amines is 1. The zero-order chi connectivity index (χ0) is 38.3. The van der Waals surface area contributed by atoms with Crippen LogP contribution in [0.25, 0.3) is 0 Å². The summed E-state index contributed by atoms with van der Waals surface area (Å²) in [5, 5.41) is 41.4. The highest BCUT2D eigenvalue weighted by Crippen LogP contribution is 2.61. The Bertz CT molecular complexity index is 1410. The van der Waals surface area contributed by atoms with Crippen LogP contribution in [0, 0.1) is 6.92 Å². The van der Waals surface area contributed by atoms with Crippen LogP contribution in [-0.4, -0.2) is 102 Å². The molecule has 20 heteroatoms. The molecule has 7 N–H and O–H groups in total. The second kappa shape index (κ2) is 22.3. The molecule has 18 nitrogen and oxygen atoms in total. The molecule has 0 aromatic carbocycles. The smallest absolute Gasteiger partial charge is 0.394 e. The molecule has 302 valence electrons. The van der Waals surface area contributed by atoms with E-state index < -0.39 is 89.2 Å². The zero-order valence-electron chi connectivity index (χ0n) is 30.0. The number of nitrogens with one attached hydrogen (secondary N) is 1. The fourth-order valence-electron chi connectivity index (χ4n) is 6.16. The molecule has 0 radical (unpaired) electrons. The van der Waals surface area contributed by atoms with E-state index in [-0.39, 0.29) is 18.6 Å². The number of phosphoric ester groups is 2. The molecule has 0 saturated carbocycles. The summed E-state index contributed by atoms with van der Waals surface area (Å²) in [7, 11) is -10.9. The standard InChI is InChI=1S/C32H58N2O16P2/c1-3-4-5-6-7-8-9-10-11-12-13-14-15-16-17-45-29-27(37)24(20-35)48-31(28(29)38)49-52(43,44)50-51(41,42)46-21-25-23(36)18-26(47-25)34-19-22(2)30(39)33-32(34)40/h19,23-29,31,35-38H,3-18,20-21H2,1-2H3,(H,41,42)(H,43,44)(H,33,39,40)/t23-,24+,25+,26+,27+,28+,29-,31+/m0/s1. The van der Waals surface area contributed by atoms with Crippen LogP contribution in [0.5, 0.6) is 0 Å². The third-order valence-electron chi connectivity index (χ3n) is 9.14. The second-order valence-electron chi connectivity index (χ2n) is 13.5. The van der Waals surface area contributed by atoms with E-state index in [1.54, 1.807) is 0 Å². The predicted octanol–water partition coefficient (Wildman–Crippen LogP) is 3.05. The van der Waals surface area contributed by atoms with E-state index in [4.69, 9.17) is 23.3 Å². The van der Waals surface area contributed by atoms with Crippen LogP contribution >= 0.6 is 15.6 Å². The number of aromatic nitrogens is 2. The number of nitrogens with zero attached hydrogens (tertiary/aromatic N) is 1. The van der Waals surface area contributed by atoms with E-state index in [2.05, 4.69) is 16.2 Å². The Labute approximate surface area is 303 Å². The maximum Gasteiger partial charge on any atom is 0.483 e. The van der Waals surface area contributed by atoms with Crippen LogP contribution in [0.1, 0.15) is 115 Å². The first-order valence-corrected chi connectivity index (χ1v) is 21.3. The Kier molecular flexibility index (Phi) is 19.3. The van der Waals surface area contributed by atoms with Gasteiger partial charge in [-0.3, -0.25) is 23.4 Å². The van der Waals surface area contributed by atoms with E-state index in [0.717, 1.165) is 30.3 Å². The van der Waals surface area contributed by atoms with Crippen molar-refractivity contribution in [1.82, 2.24) is 9.55 Å². The molecule has 52 heavy (non-hydrogen) atoms. The molecule has 0 spiro atoms. The minimum atomic E-state index is -5.54. The van der Waals surface area contributed by atoms with E-state index in [9.17, 15) is 48.9 Å². The summed E-state index contributed by atoms with van der Waals surface area (Å²) < 4.78 is 56.7. The van der Waals surface area contributed by atoms with Gasteiger partial charge in [-0.25, -0.2) is 13.9 Å². The van der Waals surface area contributed by atoms with Gasteiger partial charge in [-0.05, 0) is 13.3 Å². The lowest BCUT2D eigenvalue weighted by Gasteiger charge is -2.41. The normalized spacial score (nSPS) is 28.8. The van der Waals surface area contributed by atoms with Crippen molar-refractivity contribution in [3.63, 3.8) is 0 Å². The molecular formula is C32H58N2O16P2. The molecule has 3 heterocycles. The summed E-state index contributed by atoms with van der Waals surface area (Å²) in [6, 6.07) is 0. The molecule has 1 aromatic rings. The van der Waals surface area contributed by atoms with Crippen LogP contribution in [0.4, 0.5) is 0 Å². The number of aliphatic hydroxyl groups excluding tert-OH is 4. The Morgan fingerprint density at radius 3 is 2.00 bits per heavy atom. The van der Waals surface area contributed by atoms with Gasteiger partial charge in [-0.15, -0.1) is 0 Å². The Morgan fingerprint density at radius 2 is 1.42 bits per heavy atom. The third kappa shape index (κ3) is 14.7. The Hall–Kier alpha value is -1.34.